The number of aliphatic hydroxyl groups is 1. The van der Waals surface area contributed by atoms with Gasteiger partial charge in [0.15, 0.2) is 0 Å². The third-order valence-corrected chi connectivity index (χ3v) is 4.73. The van der Waals surface area contributed by atoms with Gasteiger partial charge in [-0.3, -0.25) is 0 Å². The summed E-state index contributed by atoms with van der Waals surface area (Å²) in [6.07, 6.45) is 5.57. The molecule has 0 atom stereocenters. The summed E-state index contributed by atoms with van der Waals surface area (Å²) in [5.41, 5.74) is 6.26. The van der Waals surface area contributed by atoms with Crippen molar-refractivity contribution >= 4 is 5.97 Å². The van der Waals surface area contributed by atoms with Crippen molar-refractivity contribution in [3.63, 3.8) is 0 Å². The molecule has 2 rings (SSSR count). The molecule has 0 spiro atoms. The van der Waals surface area contributed by atoms with E-state index in [0.29, 0.717) is 6.42 Å². The monoisotopic (exact) mass is 366 g/mol. The second-order valence-corrected chi connectivity index (χ2v) is 6.95. The van der Waals surface area contributed by atoms with Crippen LogP contribution in [0.2, 0.25) is 0 Å². The Hall–Kier alpha value is -2.39. The molecule has 3 heteroatoms. The Bertz CT molecular complexity index is 760. The number of aliphatic hydroxyl groups excluding tert-OH is 1. The zero-order chi connectivity index (χ0) is 19.6. The average molecular weight is 367 g/mol. The first-order valence-electron chi connectivity index (χ1n) is 9.69. The van der Waals surface area contributed by atoms with Gasteiger partial charge in [0.25, 0.3) is 0 Å². The van der Waals surface area contributed by atoms with Crippen LogP contribution < -0.4 is 0 Å². The lowest BCUT2D eigenvalue weighted by atomic mass is 9.96. The average Bonchev–Trinajstić information content (AvgIpc) is 2.68. The molecule has 0 amide bonds. The molecule has 1 N–H and O–H groups in total. The third-order valence-electron chi connectivity index (χ3n) is 4.73. The van der Waals surface area contributed by atoms with E-state index < -0.39 is 5.97 Å². The summed E-state index contributed by atoms with van der Waals surface area (Å²) >= 11 is 0. The summed E-state index contributed by atoms with van der Waals surface area (Å²) in [5.74, 6) is -0.537. The van der Waals surface area contributed by atoms with Gasteiger partial charge in [-0.15, -0.1) is 0 Å². The van der Waals surface area contributed by atoms with Crippen LogP contribution in [0.15, 0.2) is 54.6 Å². The molecule has 0 bridgehead atoms. The van der Waals surface area contributed by atoms with E-state index in [1.165, 1.54) is 41.5 Å². The minimum atomic E-state index is -0.537. The highest BCUT2D eigenvalue weighted by atomic mass is 16.5. The van der Waals surface area contributed by atoms with E-state index in [0.717, 1.165) is 12.0 Å². The number of rotatable bonds is 10. The predicted molar refractivity (Wildman–Crippen MR) is 111 cm³/mol. The lowest BCUT2D eigenvalue weighted by molar-refractivity contribution is -0.139. The van der Waals surface area contributed by atoms with Crippen LogP contribution in [-0.4, -0.2) is 24.3 Å². The fourth-order valence-corrected chi connectivity index (χ4v) is 3.06. The second kappa shape index (κ2) is 10.7. The zero-order valence-corrected chi connectivity index (χ0v) is 16.5. The molecule has 0 radical (unpaired) electrons. The molecule has 2 aromatic carbocycles. The van der Waals surface area contributed by atoms with Gasteiger partial charge in [-0.2, -0.15) is 0 Å². The van der Waals surface area contributed by atoms with Crippen molar-refractivity contribution in [1.82, 2.24) is 0 Å². The molecular formula is C24H30O3. The van der Waals surface area contributed by atoms with Crippen molar-refractivity contribution in [1.29, 1.82) is 0 Å². The Balaban J connectivity index is 1.95. The van der Waals surface area contributed by atoms with Crippen LogP contribution in [0.1, 0.15) is 42.9 Å². The first-order valence-corrected chi connectivity index (χ1v) is 9.69. The van der Waals surface area contributed by atoms with Gasteiger partial charge >= 0.3 is 5.97 Å². The molecule has 0 unspecified atom stereocenters. The van der Waals surface area contributed by atoms with Crippen LogP contribution in [0.25, 0.3) is 11.1 Å². The molecule has 0 aliphatic heterocycles. The van der Waals surface area contributed by atoms with Crippen LogP contribution in [0.4, 0.5) is 0 Å². The Kier molecular flexibility index (Phi) is 8.28. The molecule has 0 aromatic heterocycles. The fourth-order valence-electron chi connectivity index (χ4n) is 3.06. The summed E-state index contributed by atoms with van der Waals surface area (Å²) in [7, 11) is 0. The minimum absolute atomic E-state index is 0.0830. The summed E-state index contributed by atoms with van der Waals surface area (Å²) in [5, 5.41) is 8.87. The van der Waals surface area contributed by atoms with Gasteiger partial charge in [-0.1, -0.05) is 68.8 Å². The molecule has 3 nitrogen and oxygen atoms in total. The number of benzene rings is 2. The molecule has 0 saturated carbocycles. The van der Waals surface area contributed by atoms with E-state index in [-0.39, 0.29) is 18.8 Å². The van der Waals surface area contributed by atoms with E-state index in [2.05, 4.69) is 62.9 Å². The largest absolute Gasteiger partial charge is 0.462 e. The van der Waals surface area contributed by atoms with Gasteiger partial charge in [0.2, 0.25) is 0 Å². The van der Waals surface area contributed by atoms with Gasteiger partial charge in [0.05, 0.1) is 18.8 Å². The topological polar surface area (TPSA) is 46.5 Å². The number of aryl methyl sites for hydroxylation is 2. The van der Waals surface area contributed by atoms with Crippen molar-refractivity contribution in [3.05, 3.63) is 71.3 Å². The van der Waals surface area contributed by atoms with Crippen molar-refractivity contribution in [2.75, 3.05) is 13.2 Å². The maximum absolute atomic E-state index is 11.5. The van der Waals surface area contributed by atoms with E-state index in [1.54, 1.807) is 0 Å². The maximum atomic E-state index is 11.5. The molecule has 0 aliphatic rings. The SMILES string of the molecule is C=C(CO)C(=O)OCCc1ccc(-c2ccc(CCCCC)cc2)c(C)c1. The molecule has 2 aromatic rings. The second-order valence-electron chi connectivity index (χ2n) is 6.95. The number of unbranched alkanes of at least 4 members (excludes halogenated alkanes) is 2. The van der Waals surface area contributed by atoms with Crippen molar-refractivity contribution in [2.45, 2.75) is 46.0 Å². The van der Waals surface area contributed by atoms with Gasteiger partial charge in [0.1, 0.15) is 0 Å². The predicted octanol–water partition coefficient (Wildman–Crippen LogP) is 5.03. The van der Waals surface area contributed by atoms with Crippen molar-refractivity contribution in [2.24, 2.45) is 0 Å². The minimum Gasteiger partial charge on any atom is -0.462 e. The first-order chi connectivity index (χ1) is 13.0. The highest BCUT2D eigenvalue weighted by Gasteiger charge is 2.08. The lowest BCUT2D eigenvalue weighted by Crippen LogP contribution is -2.12. The standard InChI is InChI=1S/C24H30O3/c1-4-5-6-7-20-8-11-22(12-9-20)23-13-10-21(16-18(23)2)14-15-27-24(26)19(3)17-25/h8-13,16,25H,3-7,14-15,17H2,1-2H3. The lowest BCUT2D eigenvalue weighted by Gasteiger charge is -2.11. The van der Waals surface area contributed by atoms with Gasteiger partial charge in [0, 0.05) is 6.42 Å². The Morgan fingerprint density at radius 2 is 1.74 bits per heavy atom. The third kappa shape index (κ3) is 6.37. The van der Waals surface area contributed by atoms with Gasteiger partial charge in [-0.05, 0) is 47.6 Å². The van der Waals surface area contributed by atoms with E-state index in [1.807, 2.05) is 0 Å². The molecule has 0 heterocycles. The number of hydrogen-bond acceptors (Lipinski definition) is 3. The summed E-state index contributed by atoms with van der Waals surface area (Å²) in [4.78, 5) is 11.5. The summed E-state index contributed by atoms with van der Waals surface area (Å²) in [6.45, 7) is 7.70. The van der Waals surface area contributed by atoms with Crippen LogP contribution in [-0.2, 0) is 22.4 Å². The van der Waals surface area contributed by atoms with E-state index >= 15 is 0 Å². The number of carbonyl (C=O) groups is 1. The van der Waals surface area contributed by atoms with Crippen LogP contribution >= 0.6 is 0 Å². The Morgan fingerprint density at radius 3 is 2.37 bits per heavy atom. The molecule has 0 saturated heterocycles. The Labute approximate surface area is 162 Å². The molecule has 0 fully saturated rings. The molecular weight excluding hydrogens is 336 g/mol. The van der Waals surface area contributed by atoms with E-state index in [4.69, 9.17) is 9.84 Å². The van der Waals surface area contributed by atoms with E-state index in [9.17, 15) is 4.79 Å². The quantitative estimate of drug-likeness (QED) is 0.364. The van der Waals surface area contributed by atoms with Gasteiger partial charge in [-0.25, -0.2) is 4.79 Å². The number of hydrogen-bond donors (Lipinski definition) is 1. The normalized spacial score (nSPS) is 10.6. The number of esters is 1. The molecule has 0 aliphatic carbocycles. The highest BCUT2D eigenvalue weighted by Crippen LogP contribution is 2.25. The zero-order valence-electron chi connectivity index (χ0n) is 16.5. The number of ether oxygens (including phenoxy) is 1. The van der Waals surface area contributed by atoms with Crippen molar-refractivity contribution < 1.29 is 14.6 Å². The van der Waals surface area contributed by atoms with Crippen LogP contribution in [0.5, 0.6) is 0 Å². The van der Waals surface area contributed by atoms with Crippen LogP contribution in [0, 0.1) is 6.92 Å². The molecule has 144 valence electrons. The van der Waals surface area contributed by atoms with Gasteiger partial charge < -0.3 is 9.84 Å². The maximum Gasteiger partial charge on any atom is 0.335 e. The number of carbonyl (C=O) groups excluding carboxylic acids is 1. The van der Waals surface area contributed by atoms with Crippen molar-refractivity contribution in [3.8, 4) is 11.1 Å². The Morgan fingerprint density at radius 1 is 1.04 bits per heavy atom. The smallest absolute Gasteiger partial charge is 0.335 e. The highest BCUT2D eigenvalue weighted by molar-refractivity contribution is 5.87. The first kappa shape index (κ1) is 20.9. The summed E-state index contributed by atoms with van der Waals surface area (Å²) in [6, 6.07) is 15.2. The summed E-state index contributed by atoms with van der Waals surface area (Å²) < 4.78 is 5.11. The van der Waals surface area contributed by atoms with Crippen LogP contribution in [0.3, 0.4) is 0 Å². The fraction of sp³-hybridized carbons (Fsp3) is 0.375. The molecule has 27 heavy (non-hydrogen) atoms.